The highest BCUT2D eigenvalue weighted by Crippen LogP contribution is 2.29. The monoisotopic (exact) mass is 402 g/mol. The lowest BCUT2D eigenvalue weighted by Crippen LogP contribution is -2.41. The molecule has 1 aromatic carbocycles. The zero-order chi connectivity index (χ0) is 19.9. The van der Waals surface area contributed by atoms with Crippen LogP contribution in [0.5, 0.6) is 11.5 Å². The molecule has 1 atom stereocenters. The molecule has 1 aliphatic rings. The highest BCUT2D eigenvalue weighted by atomic mass is 32.1. The van der Waals surface area contributed by atoms with Gasteiger partial charge in [0, 0.05) is 17.3 Å². The number of para-hydroxylation sites is 2. The lowest BCUT2D eigenvalue weighted by atomic mass is 10.0. The van der Waals surface area contributed by atoms with E-state index in [9.17, 15) is 4.79 Å². The number of rotatable bonds is 9. The summed E-state index contributed by atoms with van der Waals surface area (Å²) in [4.78, 5) is 19.7. The minimum atomic E-state index is 0.195. The Morgan fingerprint density at radius 2 is 2.00 bits per heavy atom. The summed E-state index contributed by atoms with van der Waals surface area (Å²) in [7, 11) is 1.63. The largest absolute Gasteiger partial charge is 0.493 e. The van der Waals surface area contributed by atoms with Gasteiger partial charge in [-0.2, -0.15) is 0 Å². The minimum absolute atomic E-state index is 0.195. The molecule has 0 N–H and O–H groups in total. The number of methoxy groups -OCH3 is 1. The number of carbonyl (C=O) groups is 1. The van der Waals surface area contributed by atoms with Crippen molar-refractivity contribution in [3.05, 3.63) is 40.3 Å². The summed E-state index contributed by atoms with van der Waals surface area (Å²) in [5.74, 6) is 1.91. The molecule has 1 aromatic heterocycles. The first-order chi connectivity index (χ1) is 13.6. The van der Waals surface area contributed by atoms with Gasteiger partial charge in [-0.25, -0.2) is 4.98 Å². The molecule has 1 unspecified atom stereocenters. The van der Waals surface area contributed by atoms with Crippen molar-refractivity contribution in [2.45, 2.75) is 65.1 Å². The van der Waals surface area contributed by atoms with Crippen molar-refractivity contribution in [2.24, 2.45) is 5.92 Å². The molecule has 0 radical (unpaired) electrons. The molecule has 3 rings (SSSR count). The first kappa shape index (κ1) is 20.6. The summed E-state index contributed by atoms with van der Waals surface area (Å²) in [6, 6.07) is 7.82. The van der Waals surface area contributed by atoms with Crippen molar-refractivity contribution in [1.29, 1.82) is 0 Å². The smallest absolute Gasteiger partial charge is 0.226 e. The molecule has 152 valence electrons. The number of hydrogen-bond donors (Lipinski definition) is 0. The Morgan fingerprint density at radius 1 is 1.29 bits per heavy atom. The summed E-state index contributed by atoms with van der Waals surface area (Å²) in [6.45, 7) is 5.23. The van der Waals surface area contributed by atoms with Crippen molar-refractivity contribution in [3.63, 3.8) is 0 Å². The van der Waals surface area contributed by atoms with Gasteiger partial charge in [0.1, 0.15) is 11.6 Å². The molecule has 2 aromatic rings. The van der Waals surface area contributed by atoms with Crippen LogP contribution in [0.4, 0.5) is 0 Å². The van der Waals surface area contributed by atoms with Crippen LogP contribution >= 0.6 is 11.3 Å². The van der Waals surface area contributed by atoms with Crippen LogP contribution in [0, 0.1) is 5.92 Å². The van der Waals surface area contributed by atoms with Gasteiger partial charge < -0.3 is 14.4 Å². The molecular formula is C22H30N2O3S. The molecule has 0 saturated heterocycles. The number of ether oxygens (including phenoxy) is 2. The zero-order valence-electron chi connectivity index (χ0n) is 17.0. The van der Waals surface area contributed by atoms with Gasteiger partial charge >= 0.3 is 0 Å². The number of amides is 1. The Kier molecular flexibility index (Phi) is 7.31. The normalized spacial score (nSPS) is 15.4. The van der Waals surface area contributed by atoms with Crippen LogP contribution in [0.3, 0.4) is 0 Å². The maximum absolute atomic E-state index is 13.0. The molecular weight excluding hydrogens is 372 g/mol. The van der Waals surface area contributed by atoms with E-state index in [0.717, 1.165) is 30.0 Å². The first-order valence-corrected chi connectivity index (χ1v) is 11.0. The third-order valence-corrected chi connectivity index (χ3v) is 6.33. The summed E-state index contributed by atoms with van der Waals surface area (Å²) < 4.78 is 11.2. The lowest BCUT2D eigenvalue weighted by Gasteiger charge is -2.30. The molecule has 0 aliphatic heterocycles. The number of carbonyl (C=O) groups excluding carboxylic acids is 1. The maximum atomic E-state index is 13.0. The van der Waals surface area contributed by atoms with Crippen molar-refractivity contribution in [1.82, 2.24) is 9.88 Å². The fourth-order valence-corrected chi connectivity index (χ4v) is 4.31. The van der Waals surface area contributed by atoms with Crippen LogP contribution in [0.1, 0.15) is 56.7 Å². The molecule has 5 nitrogen and oxygen atoms in total. The Labute approximate surface area is 171 Å². The van der Waals surface area contributed by atoms with Gasteiger partial charge in [0.2, 0.25) is 5.91 Å². The molecule has 28 heavy (non-hydrogen) atoms. The molecule has 6 heteroatoms. The van der Waals surface area contributed by atoms with Gasteiger partial charge in [-0.05, 0) is 38.3 Å². The third-order valence-electron chi connectivity index (χ3n) is 5.46. The van der Waals surface area contributed by atoms with E-state index in [2.05, 4.69) is 13.8 Å². The second-order valence-corrected chi connectivity index (χ2v) is 8.32. The number of aromatic nitrogens is 1. The quantitative estimate of drug-likeness (QED) is 0.589. The fourth-order valence-electron chi connectivity index (χ4n) is 3.62. The van der Waals surface area contributed by atoms with E-state index >= 15 is 0 Å². The third kappa shape index (κ3) is 5.04. The molecule has 1 heterocycles. The lowest BCUT2D eigenvalue weighted by molar-refractivity contribution is -0.138. The van der Waals surface area contributed by atoms with E-state index in [1.54, 1.807) is 18.4 Å². The van der Waals surface area contributed by atoms with Crippen LogP contribution < -0.4 is 9.47 Å². The SMILES string of the molecule is CCC(C)N(Cc1csc(COc2ccccc2OC)n1)C(=O)C1CCCC1. The fraction of sp³-hybridized carbons (Fsp3) is 0.545. The van der Waals surface area contributed by atoms with Crippen molar-refractivity contribution in [2.75, 3.05) is 7.11 Å². The Morgan fingerprint density at radius 3 is 2.68 bits per heavy atom. The highest BCUT2D eigenvalue weighted by molar-refractivity contribution is 7.09. The van der Waals surface area contributed by atoms with Crippen LogP contribution in [0.25, 0.3) is 0 Å². The van der Waals surface area contributed by atoms with Gasteiger partial charge in [-0.3, -0.25) is 4.79 Å². The molecule has 1 amide bonds. The van der Waals surface area contributed by atoms with E-state index in [0.29, 0.717) is 30.6 Å². The van der Waals surface area contributed by atoms with Crippen molar-refractivity contribution in [3.8, 4) is 11.5 Å². The number of benzene rings is 1. The van der Waals surface area contributed by atoms with Gasteiger partial charge in [0.15, 0.2) is 11.5 Å². The second kappa shape index (κ2) is 9.92. The molecule has 0 bridgehead atoms. The Hall–Kier alpha value is -2.08. The van der Waals surface area contributed by atoms with Crippen LogP contribution in [0.2, 0.25) is 0 Å². The summed E-state index contributed by atoms with van der Waals surface area (Å²) in [6.07, 6.45) is 5.35. The average Bonchev–Trinajstić information content (AvgIpc) is 3.41. The van der Waals surface area contributed by atoms with Crippen molar-refractivity contribution < 1.29 is 14.3 Å². The summed E-state index contributed by atoms with van der Waals surface area (Å²) in [5.41, 5.74) is 0.940. The van der Waals surface area contributed by atoms with Crippen LogP contribution in [-0.4, -0.2) is 28.9 Å². The van der Waals surface area contributed by atoms with E-state index in [1.807, 2.05) is 34.5 Å². The first-order valence-electron chi connectivity index (χ1n) is 10.1. The summed E-state index contributed by atoms with van der Waals surface area (Å²) >= 11 is 1.57. The van der Waals surface area contributed by atoms with E-state index in [1.165, 1.54) is 12.8 Å². The number of hydrogen-bond acceptors (Lipinski definition) is 5. The minimum Gasteiger partial charge on any atom is -0.493 e. The average molecular weight is 403 g/mol. The van der Waals surface area contributed by atoms with Crippen molar-refractivity contribution >= 4 is 17.2 Å². The topological polar surface area (TPSA) is 51.7 Å². The zero-order valence-corrected chi connectivity index (χ0v) is 17.8. The van der Waals surface area contributed by atoms with Gasteiger partial charge in [0.05, 0.1) is 19.3 Å². The maximum Gasteiger partial charge on any atom is 0.226 e. The van der Waals surface area contributed by atoms with E-state index in [-0.39, 0.29) is 12.0 Å². The Bertz CT molecular complexity index is 771. The Balaban J connectivity index is 1.63. The second-order valence-electron chi connectivity index (χ2n) is 7.38. The highest BCUT2D eigenvalue weighted by Gasteiger charge is 2.29. The molecule has 1 saturated carbocycles. The van der Waals surface area contributed by atoms with Crippen LogP contribution in [-0.2, 0) is 17.9 Å². The molecule has 1 fully saturated rings. The van der Waals surface area contributed by atoms with E-state index < -0.39 is 0 Å². The predicted octanol–water partition coefficient (Wildman–Crippen LogP) is 5.05. The predicted molar refractivity (Wildman–Crippen MR) is 112 cm³/mol. The number of nitrogens with zero attached hydrogens (tertiary/aromatic N) is 2. The standard InChI is InChI=1S/C22H30N2O3S/c1-4-16(2)24(22(25)17-9-5-6-10-17)13-18-15-28-21(23-18)14-27-20-12-8-7-11-19(20)26-3/h7-8,11-12,15-17H,4-6,9-10,13-14H2,1-3H3. The molecule has 1 aliphatic carbocycles. The van der Waals surface area contributed by atoms with E-state index in [4.69, 9.17) is 14.5 Å². The van der Waals surface area contributed by atoms with Gasteiger partial charge in [0.25, 0.3) is 0 Å². The molecule has 0 spiro atoms. The van der Waals surface area contributed by atoms with Gasteiger partial charge in [-0.15, -0.1) is 11.3 Å². The van der Waals surface area contributed by atoms with Gasteiger partial charge in [-0.1, -0.05) is 31.9 Å². The number of thiazole rings is 1. The summed E-state index contributed by atoms with van der Waals surface area (Å²) in [5, 5.41) is 2.94. The van der Waals surface area contributed by atoms with Crippen LogP contribution in [0.15, 0.2) is 29.6 Å².